The summed E-state index contributed by atoms with van der Waals surface area (Å²) in [6.45, 7) is 0. The number of allylic oxidation sites excluding steroid dienone is 2. The summed E-state index contributed by atoms with van der Waals surface area (Å²) in [7, 11) is 5.67. The van der Waals surface area contributed by atoms with Gasteiger partial charge in [0.1, 0.15) is 0 Å². The minimum absolute atomic E-state index is 1.06. The number of hydrogen-bond acceptors (Lipinski definition) is 3. The molecule has 3 nitrogen and oxygen atoms in total. The molecule has 0 aromatic carbocycles. The summed E-state index contributed by atoms with van der Waals surface area (Å²) < 4.78 is 0. The number of pyridine rings is 1. The Labute approximate surface area is 90.5 Å². The Kier molecular flexibility index (Phi) is 4.32. The highest BCUT2D eigenvalue weighted by molar-refractivity contribution is 5.82. The van der Waals surface area contributed by atoms with Crippen LogP contribution < -0.4 is 0 Å². The first kappa shape index (κ1) is 11.2. The highest BCUT2D eigenvalue weighted by atomic mass is 15.0. The predicted octanol–water partition coefficient (Wildman–Crippen LogP) is 1.84. The van der Waals surface area contributed by atoms with Crippen molar-refractivity contribution in [3.63, 3.8) is 0 Å². The minimum atomic E-state index is 1.06. The van der Waals surface area contributed by atoms with E-state index in [1.807, 2.05) is 43.4 Å². The molecule has 0 aliphatic rings. The van der Waals surface area contributed by atoms with Crippen molar-refractivity contribution in [2.24, 2.45) is 4.99 Å². The van der Waals surface area contributed by atoms with Crippen LogP contribution in [0.3, 0.4) is 0 Å². The second-order valence-corrected chi connectivity index (χ2v) is 3.28. The fourth-order valence-corrected chi connectivity index (χ4v) is 1.15. The molecule has 78 valence electrons. The number of nitrogens with zero attached hydrogens (tertiary/aromatic N) is 3. The van der Waals surface area contributed by atoms with E-state index in [0.717, 1.165) is 11.1 Å². The van der Waals surface area contributed by atoms with Crippen LogP contribution in [0.25, 0.3) is 5.57 Å². The van der Waals surface area contributed by atoms with Gasteiger partial charge in [-0.05, 0) is 23.6 Å². The van der Waals surface area contributed by atoms with Crippen molar-refractivity contribution in [3.8, 4) is 0 Å². The third kappa shape index (κ3) is 3.79. The highest BCUT2D eigenvalue weighted by Crippen LogP contribution is 2.13. The Morgan fingerprint density at radius 2 is 2.07 bits per heavy atom. The maximum absolute atomic E-state index is 3.99. The van der Waals surface area contributed by atoms with E-state index >= 15 is 0 Å². The van der Waals surface area contributed by atoms with Crippen LogP contribution in [0.2, 0.25) is 0 Å². The number of hydrogen-bond donors (Lipinski definition) is 0. The van der Waals surface area contributed by atoms with Gasteiger partial charge >= 0.3 is 0 Å². The van der Waals surface area contributed by atoms with Gasteiger partial charge in [0.2, 0.25) is 0 Å². The van der Waals surface area contributed by atoms with Crippen LogP contribution in [-0.4, -0.2) is 36.9 Å². The van der Waals surface area contributed by atoms with E-state index in [1.165, 1.54) is 0 Å². The summed E-state index contributed by atoms with van der Waals surface area (Å²) in [5, 5.41) is 0. The van der Waals surface area contributed by atoms with Gasteiger partial charge in [0.25, 0.3) is 0 Å². The van der Waals surface area contributed by atoms with Crippen LogP contribution in [0.5, 0.6) is 0 Å². The number of aromatic nitrogens is 1. The fraction of sp³-hybridized carbons (Fsp3) is 0.250. The van der Waals surface area contributed by atoms with Crippen molar-refractivity contribution in [1.29, 1.82) is 0 Å². The maximum atomic E-state index is 3.99. The molecule has 15 heavy (non-hydrogen) atoms. The summed E-state index contributed by atoms with van der Waals surface area (Å²) in [6, 6.07) is 3.92. The van der Waals surface area contributed by atoms with Gasteiger partial charge in [0.15, 0.2) is 0 Å². The number of rotatable bonds is 3. The highest BCUT2D eigenvalue weighted by Gasteiger charge is 1.97. The zero-order chi connectivity index (χ0) is 11.1. The Balaban J connectivity index is 3.08. The molecule has 0 fully saturated rings. The van der Waals surface area contributed by atoms with Gasteiger partial charge in [-0.15, -0.1) is 0 Å². The van der Waals surface area contributed by atoms with Gasteiger partial charge in [0, 0.05) is 51.4 Å². The average molecular weight is 201 g/mol. The summed E-state index contributed by atoms with van der Waals surface area (Å²) >= 11 is 0. The van der Waals surface area contributed by atoms with Crippen molar-refractivity contribution in [3.05, 3.63) is 42.4 Å². The van der Waals surface area contributed by atoms with E-state index < -0.39 is 0 Å². The molecule has 1 aromatic heterocycles. The number of aliphatic imine (C=N–C) groups is 1. The molecule has 0 spiro atoms. The quantitative estimate of drug-likeness (QED) is 0.551. The lowest BCUT2D eigenvalue weighted by Gasteiger charge is -2.08. The van der Waals surface area contributed by atoms with E-state index in [0.29, 0.717) is 0 Å². The van der Waals surface area contributed by atoms with Crippen molar-refractivity contribution >= 4 is 11.4 Å². The van der Waals surface area contributed by atoms with E-state index in [-0.39, 0.29) is 0 Å². The molecular formula is C12H15N3. The molecule has 0 atom stereocenters. The van der Waals surface area contributed by atoms with Crippen LogP contribution >= 0.6 is 0 Å². The molecule has 0 radical (unpaired) electrons. The molecule has 0 unspecified atom stereocenters. The molecule has 0 bridgehead atoms. The normalized spacial score (nSPS) is 10.5. The Bertz CT molecular complexity index is 385. The van der Waals surface area contributed by atoms with Crippen molar-refractivity contribution in [2.45, 2.75) is 0 Å². The summed E-state index contributed by atoms with van der Waals surface area (Å²) in [5.41, 5.74) is 2.17. The third-order valence-corrected chi connectivity index (χ3v) is 1.76. The lowest BCUT2D eigenvalue weighted by atomic mass is 10.1. The molecule has 0 saturated heterocycles. The lowest BCUT2D eigenvalue weighted by molar-refractivity contribution is 0.566. The first-order valence-corrected chi connectivity index (χ1v) is 4.70. The SMILES string of the molecule is CN=C=C/C(=C/N(C)C)c1ccncc1. The molecular weight excluding hydrogens is 186 g/mol. The van der Waals surface area contributed by atoms with Gasteiger partial charge in [-0.2, -0.15) is 0 Å². The first-order valence-electron chi connectivity index (χ1n) is 4.70. The van der Waals surface area contributed by atoms with E-state index in [2.05, 4.69) is 15.8 Å². The van der Waals surface area contributed by atoms with Gasteiger partial charge in [0.05, 0.1) is 0 Å². The van der Waals surface area contributed by atoms with Crippen molar-refractivity contribution in [1.82, 2.24) is 9.88 Å². The first-order chi connectivity index (χ1) is 7.24. The Hall–Kier alpha value is -1.86. The zero-order valence-corrected chi connectivity index (χ0v) is 9.31. The van der Waals surface area contributed by atoms with Crippen LogP contribution in [0.1, 0.15) is 5.56 Å². The average Bonchev–Trinajstić information content (AvgIpc) is 2.25. The third-order valence-electron chi connectivity index (χ3n) is 1.76. The second-order valence-electron chi connectivity index (χ2n) is 3.28. The predicted molar refractivity (Wildman–Crippen MR) is 63.8 cm³/mol. The maximum Gasteiger partial charge on any atom is 0.0372 e. The molecule has 0 amide bonds. The molecule has 3 heteroatoms. The van der Waals surface area contributed by atoms with Crippen LogP contribution in [0, 0.1) is 0 Å². The van der Waals surface area contributed by atoms with Gasteiger partial charge in [-0.1, -0.05) is 0 Å². The summed E-state index contributed by atoms with van der Waals surface area (Å²) in [5.74, 6) is 2.84. The summed E-state index contributed by atoms with van der Waals surface area (Å²) in [6.07, 6.45) is 7.42. The molecule has 0 aliphatic carbocycles. The Morgan fingerprint density at radius 3 is 2.60 bits per heavy atom. The van der Waals surface area contributed by atoms with Gasteiger partial charge in [-0.3, -0.25) is 4.98 Å². The molecule has 1 aromatic rings. The molecule has 0 N–H and O–H groups in total. The molecule has 0 aliphatic heterocycles. The van der Waals surface area contributed by atoms with E-state index in [4.69, 9.17) is 0 Å². The second kappa shape index (κ2) is 5.78. The van der Waals surface area contributed by atoms with E-state index in [1.54, 1.807) is 19.4 Å². The Morgan fingerprint density at radius 1 is 1.40 bits per heavy atom. The fourth-order valence-electron chi connectivity index (χ4n) is 1.15. The van der Waals surface area contributed by atoms with Crippen LogP contribution in [0.4, 0.5) is 0 Å². The standard InChI is InChI=1S/C12H15N3/c1-13-7-4-12(10-15(2)3)11-5-8-14-9-6-11/h4-6,8-10H,1-3H3/b12-10-. The topological polar surface area (TPSA) is 28.5 Å². The van der Waals surface area contributed by atoms with Crippen molar-refractivity contribution in [2.75, 3.05) is 21.1 Å². The van der Waals surface area contributed by atoms with Gasteiger partial charge in [-0.25, -0.2) is 4.99 Å². The van der Waals surface area contributed by atoms with Crippen LogP contribution in [-0.2, 0) is 0 Å². The van der Waals surface area contributed by atoms with Crippen LogP contribution in [0.15, 0.2) is 41.8 Å². The van der Waals surface area contributed by atoms with Crippen molar-refractivity contribution < 1.29 is 0 Å². The summed E-state index contributed by atoms with van der Waals surface area (Å²) in [4.78, 5) is 9.81. The largest absolute Gasteiger partial charge is 0.383 e. The monoisotopic (exact) mass is 201 g/mol. The van der Waals surface area contributed by atoms with Gasteiger partial charge < -0.3 is 4.90 Å². The lowest BCUT2D eigenvalue weighted by Crippen LogP contribution is -2.02. The minimum Gasteiger partial charge on any atom is -0.383 e. The smallest absolute Gasteiger partial charge is 0.0372 e. The molecule has 1 rings (SSSR count). The zero-order valence-electron chi connectivity index (χ0n) is 9.31. The van der Waals surface area contributed by atoms with E-state index in [9.17, 15) is 0 Å². The molecule has 0 saturated carbocycles. The molecule has 1 heterocycles.